The molecule has 0 atom stereocenters. The first kappa shape index (κ1) is 18.5. The average Bonchev–Trinajstić information content (AvgIpc) is 2.63. The molecule has 2 aromatic carbocycles. The number of urea groups is 1. The van der Waals surface area contributed by atoms with Gasteiger partial charge in [-0.3, -0.25) is 14.9 Å². The lowest BCUT2D eigenvalue weighted by atomic mass is 10.1. The molecule has 0 radical (unpaired) electrons. The fraction of sp³-hybridized carbons (Fsp3) is 0.105. The lowest BCUT2D eigenvalue weighted by Gasteiger charge is -2.26. The molecule has 0 bridgehead atoms. The summed E-state index contributed by atoms with van der Waals surface area (Å²) < 4.78 is 5.33. The highest BCUT2D eigenvalue weighted by molar-refractivity contribution is 6.39. The molecule has 0 saturated carbocycles. The lowest BCUT2D eigenvalue weighted by molar-refractivity contribution is -0.122. The number of anilines is 1. The van der Waals surface area contributed by atoms with E-state index in [0.29, 0.717) is 17.4 Å². The number of carbonyl (C=O) groups is 3. The second kappa shape index (κ2) is 7.51. The number of rotatable bonds is 4. The Bertz CT molecular complexity index is 953. The van der Waals surface area contributed by atoms with Crippen molar-refractivity contribution in [1.82, 2.24) is 5.32 Å². The van der Waals surface area contributed by atoms with Crippen LogP contribution in [0.5, 0.6) is 11.5 Å². The quantitative estimate of drug-likeness (QED) is 0.621. The molecular weight excluding hydrogens is 372 g/mol. The first-order valence-corrected chi connectivity index (χ1v) is 8.41. The van der Waals surface area contributed by atoms with Gasteiger partial charge in [0.05, 0.1) is 12.3 Å². The van der Waals surface area contributed by atoms with Gasteiger partial charge in [0.25, 0.3) is 11.8 Å². The van der Waals surface area contributed by atoms with Crippen LogP contribution in [0.3, 0.4) is 0 Å². The molecule has 2 aromatic rings. The van der Waals surface area contributed by atoms with E-state index in [1.165, 1.54) is 36.4 Å². The second-order valence-corrected chi connectivity index (χ2v) is 6.02. The number of barbiturate groups is 1. The van der Waals surface area contributed by atoms with E-state index in [1.54, 1.807) is 12.1 Å². The Labute approximate surface area is 159 Å². The average molecular weight is 387 g/mol. The van der Waals surface area contributed by atoms with E-state index < -0.39 is 17.8 Å². The summed E-state index contributed by atoms with van der Waals surface area (Å²) in [5.41, 5.74) is 0.151. The summed E-state index contributed by atoms with van der Waals surface area (Å²) in [6, 6.07) is 9.65. The van der Waals surface area contributed by atoms with Crippen molar-refractivity contribution in [2.24, 2.45) is 0 Å². The molecule has 1 aliphatic rings. The number of phenolic OH excluding ortho intramolecular Hbond substituents is 1. The minimum atomic E-state index is -0.860. The number of phenols is 1. The third kappa shape index (κ3) is 3.78. The number of carbonyl (C=O) groups excluding carboxylic acids is 3. The van der Waals surface area contributed by atoms with E-state index in [9.17, 15) is 19.5 Å². The Morgan fingerprint density at radius 3 is 2.52 bits per heavy atom. The van der Waals surface area contributed by atoms with Crippen LogP contribution in [0.25, 0.3) is 6.08 Å². The zero-order chi connectivity index (χ0) is 19.6. The molecule has 0 aromatic heterocycles. The Hall–Kier alpha value is -3.32. The van der Waals surface area contributed by atoms with Crippen LogP contribution >= 0.6 is 11.6 Å². The highest BCUT2D eigenvalue weighted by Gasteiger charge is 2.36. The summed E-state index contributed by atoms with van der Waals surface area (Å²) in [6.45, 7) is 2.32. The number of amides is 4. The number of ether oxygens (including phenoxy) is 1. The number of nitrogens with one attached hydrogen (secondary N) is 1. The van der Waals surface area contributed by atoms with Crippen molar-refractivity contribution >= 4 is 41.2 Å². The molecule has 1 aliphatic heterocycles. The summed E-state index contributed by atoms with van der Waals surface area (Å²) in [5, 5.41) is 12.4. The zero-order valence-corrected chi connectivity index (χ0v) is 15.0. The number of halogens is 1. The molecule has 3 rings (SSSR count). The van der Waals surface area contributed by atoms with Gasteiger partial charge in [0.1, 0.15) is 17.1 Å². The molecule has 1 fully saturated rings. The third-order valence-electron chi connectivity index (χ3n) is 3.80. The molecule has 27 heavy (non-hydrogen) atoms. The molecule has 4 amide bonds. The van der Waals surface area contributed by atoms with Crippen LogP contribution in [-0.4, -0.2) is 29.6 Å². The lowest BCUT2D eigenvalue weighted by Crippen LogP contribution is -2.54. The summed E-state index contributed by atoms with van der Waals surface area (Å²) in [7, 11) is 0. The summed E-state index contributed by atoms with van der Waals surface area (Å²) >= 11 is 5.89. The molecular formula is C19H15ClN2O5. The van der Waals surface area contributed by atoms with Crippen LogP contribution in [0.1, 0.15) is 12.5 Å². The Morgan fingerprint density at radius 2 is 1.85 bits per heavy atom. The van der Waals surface area contributed by atoms with Crippen molar-refractivity contribution in [2.75, 3.05) is 11.5 Å². The van der Waals surface area contributed by atoms with Gasteiger partial charge in [0, 0.05) is 10.6 Å². The maximum atomic E-state index is 12.8. The molecule has 1 saturated heterocycles. The number of nitrogens with zero attached hydrogens (tertiary/aromatic N) is 1. The van der Waals surface area contributed by atoms with E-state index in [0.717, 1.165) is 4.90 Å². The van der Waals surface area contributed by atoms with Crippen molar-refractivity contribution in [3.05, 3.63) is 58.6 Å². The first-order valence-electron chi connectivity index (χ1n) is 8.03. The smallest absolute Gasteiger partial charge is 0.335 e. The van der Waals surface area contributed by atoms with Crippen LogP contribution < -0.4 is 15.0 Å². The van der Waals surface area contributed by atoms with Gasteiger partial charge >= 0.3 is 6.03 Å². The highest BCUT2D eigenvalue weighted by Crippen LogP contribution is 2.27. The normalized spacial score (nSPS) is 15.9. The number of aromatic hydroxyl groups is 1. The number of hydrogen-bond acceptors (Lipinski definition) is 5. The van der Waals surface area contributed by atoms with Gasteiger partial charge in [-0.25, -0.2) is 9.69 Å². The monoisotopic (exact) mass is 386 g/mol. The minimum absolute atomic E-state index is 0.156. The zero-order valence-electron chi connectivity index (χ0n) is 14.2. The van der Waals surface area contributed by atoms with E-state index in [1.807, 2.05) is 6.92 Å². The SMILES string of the molecule is CCOc1ccc(N2C(=O)NC(=O)/C(=C\c3cc(Cl)ccc3O)C2=O)cc1. The van der Waals surface area contributed by atoms with Crippen LogP contribution in [0.4, 0.5) is 10.5 Å². The number of benzene rings is 2. The Balaban J connectivity index is 1.98. The topological polar surface area (TPSA) is 95.9 Å². The predicted octanol–water partition coefficient (Wildman–Crippen LogP) is 3.11. The van der Waals surface area contributed by atoms with E-state index >= 15 is 0 Å². The maximum absolute atomic E-state index is 12.8. The number of hydrogen-bond donors (Lipinski definition) is 2. The molecule has 1 heterocycles. The second-order valence-electron chi connectivity index (χ2n) is 5.59. The standard InChI is InChI=1S/C19H15ClN2O5/c1-2-27-14-6-4-13(5-7-14)22-18(25)15(17(24)21-19(22)26)10-11-9-12(20)3-8-16(11)23/h3-10,23H,2H2,1H3,(H,21,24,26)/b15-10+. The fourth-order valence-electron chi connectivity index (χ4n) is 2.55. The molecule has 0 aliphatic carbocycles. The van der Waals surface area contributed by atoms with Gasteiger partial charge in [-0.1, -0.05) is 11.6 Å². The van der Waals surface area contributed by atoms with Gasteiger partial charge in [-0.05, 0) is 55.5 Å². The number of imide groups is 2. The third-order valence-corrected chi connectivity index (χ3v) is 4.03. The molecule has 7 nitrogen and oxygen atoms in total. The van der Waals surface area contributed by atoms with E-state index in [2.05, 4.69) is 5.32 Å². The van der Waals surface area contributed by atoms with Crippen molar-refractivity contribution in [3.8, 4) is 11.5 Å². The molecule has 8 heteroatoms. The van der Waals surface area contributed by atoms with Crippen LogP contribution in [-0.2, 0) is 9.59 Å². The van der Waals surface area contributed by atoms with E-state index in [-0.39, 0.29) is 22.6 Å². The summed E-state index contributed by atoms with van der Waals surface area (Å²) in [6.07, 6.45) is 1.19. The molecule has 0 spiro atoms. The predicted molar refractivity (Wildman–Crippen MR) is 99.7 cm³/mol. The Morgan fingerprint density at radius 1 is 1.15 bits per heavy atom. The van der Waals surface area contributed by atoms with E-state index in [4.69, 9.17) is 16.3 Å². The van der Waals surface area contributed by atoms with Crippen molar-refractivity contribution in [2.45, 2.75) is 6.92 Å². The maximum Gasteiger partial charge on any atom is 0.335 e. The van der Waals surface area contributed by atoms with Gasteiger partial charge in [-0.2, -0.15) is 0 Å². The van der Waals surface area contributed by atoms with Crippen molar-refractivity contribution < 1.29 is 24.2 Å². The molecule has 2 N–H and O–H groups in total. The Kier molecular flexibility index (Phi) is 5.14. The van der Waals surface area contributed by atoms with Crippen molar-refractivity contribution in [3.63, 3.8) is 0 Å². The van der Waals surface area contributed by atoms with Gasteiger partial charge < -0.3 is 9.84 Å². The molecule has 0 unspecified atom stereocenters. The summed E-state index contributed by atoms with van der Waals surface area (Å²) in [5.74, 6) is -1.24. The largest absolute Gasteiger partial charge is 0.507 e. The van der Waals surface area contributed by atoms with Gasteiger partial charge in [0.2, 0.25) is 0 Å². The minimum Gasteiger partial charge on any atom is -0.507 e. The van der Waals surface area contributed by atoms with Gasteiger partial charge in [0.15, 0.2) is 0 Å². The van der Waals surface area contributed by atoms with Crippen LogP contribution in [0.2, 0.25) is 5.02 Å². The van der Waals surface area contributed by atoms with Crippen LogP contribution in [0, 0.1) is 0 Å². The van der Waals surface area contributed by atoms with Crippen molar-refractivity contribution in [1.29, 1.82) is 0 Å². The summed E-state index contributed by atoms with van der Waals surface area (Å²) in [4.78, 5) is 38.0. The van der Waals surface area contributed by atoms with Crippen LogP contribution in [0.15, 0.2) is 48.0 Å². The fourth-order valence-corrected chi connectivity index (χ4v) is 2.73. The highest BCUT2D eigenvalue weighted by atomic mass is 35.5. The first-order chi connectivity index (χ1) is 12.9. The molecule has 138 valence electrons. The van der Waals surface area contributed by atoms with Gasteiger partial charge in [-0.15, -0.1) is 0 Å².